The van der Waals surface area contributed by atoms with Gasteiger partial charge in [0.05, 0.1) is 11.2 Å². The molecule has 0 unspecified atom stereocenters. The highest BCUT2D eigenvalue weighted by atomic mass is 79.9. The summed E-state index contributed by atoms with van der Waals surface area (Å²) in [6.07, 6.45) is 0. The van der Waals surface area contributed by atoms with E-state index in [1.807, 2.05) is 18.2 Å². The van der Waals surface area contributed by atoms with Gasteiger partial charge in [0.2, 0.25) is 0 Å². The van der Waals surface area contributed by atoms with E-state index < -0.39 is 10.0 Å². The van der Waals surface area contributed by atoms with Crippen LogP contribution in [0.5, 0.6) is 0 Å². The lowest BCUT2D eigenvalue weighted by Gasteiger charge is -2.21. The summed E-state index contributed by atoms with van der Waals surface area (Å²) in [7, 11) is -3.60. The smallest absolute Gasteiger partial charge is 0.263 e. The van der Waals surface area contributed by atoms with Gasteiger partial charge in [-0.15, -0.1) is 11.3 Å². The molecule has 0 saturated heterocycles. The molecule has 0 saturated carbocycles. The molecule has 2 heterocycles. The summed E-state index contributed by atoms with van der Waals surface area (Å²) < 4.78 is 27.7. The standard InChI is InChI=1S/C13H13BrN2O2S2/c1-13(2)7-16(12-9(13)4-3-5-10(12)14)20(17,18)11-6-19-8-15-11/h3-6,8H,7H2,1-2H3. The maximum absolute atomic E-state index is 12.7. The van der Waals surface area contributed by atoms with E-state index >= 15 is 0 Å². The second-order valence-corrected chi connectivity index (χ2v) is 8.74. The van der Waals surface area contributed by atoms with Gasteiger partial charge in [0.1, 0.15) is 0 Å². The van der Waals surface area contributed by atoms with E-state index in [1.54, 1.807) is 5.38 Å². The molecule has 1 aromatic heterocycles. The number of benzene rings is 1. The maximum Gasteiger partial charge on any atom is 0.282 e. The van der Waals surface area contributed by atoms with Gasteiger partial charge in [0.15, 0.2) is 5.03 Å². The van der Waals surface area contributed by atoms with Gasteiger partial charge in [-0.3, -0.25) is 4.31 Å². The van der Waals surface area contributed by atoms with Crippen LogP contribution in [0.15, 0.2) is 38.6 Å². The number of halogens is 1. The highest BCUT2D eigenvalue weighted by molar-refractivity contribution is 9.10. The van der Waals surface area contributed by atoms with E-state index in [2.05, 4.69) is 34.8 Å². The zero-order chi connectivity index (χ0) is 14.5. The third-order valence-electron chi connectivity index (χ3n) is 3.47. The molecule has 1 aliphatic rings. The fourth-order valence-corrected chi connectivity index (χ4v) is 5.66. The van der Waals surface area contributed by atoms with Crippen LogP contribution in [0.1, 0.15) is 19.4 Å². The average Bonchev–Trinajstić information content (AvgIpc) is 2.97. The molecular formula is C13H13BrN2O2S2. The molecule has 0 spiro atoms. The molecule has 0 atom stereocenters. The Morgan fingerprint density at radius 2 is 2.15 bits per heavy atom. The lowest BCUT2D eigenvalue weighted by molar-refractivity contribution is 0.553. The van der Waals surface area contributed by atoms with Crippen LogP contribution in [0.25, 0.3) is 0 Å². The number of hydrogen-bond acceptors (Lipinski definition) is 4. The van der Waals surface area contributed by atoms with E-state index in [4.69, 9.17) is 0 Å². The minimum absolute atomic E-state index is 0.113. The van der Waals surface area contributed by atoms with E-state index in [-0.39, 0.29) is 10.4 Å². The summed E-state index contributed by atoms with van der Waals surface area (Å²) in [5.41, 5.74) is 3.08. The highest BCUT2D eigenvalue weighted by Crippen LogP contribution is 2.46. The van der Waals surface area contributed by atoms with E-state index in [1.165, 1.54) is 21.2 Å². The Labute approximate surface area is 130 Å². The van der Waals surface area contributed by atoms with Crippen LogP contribution in [0, 0.1) is 0 Å². The van der Waals surface area contributed by atoms with Crippen molar-refractivity contribution in [3.8, 4) is 0 Å². The molecule has 0 radical (unpaired) electrons. The second kappa shape index (κ2) is 4.54. The lowest BCUT2D eigenvalue weighted by Crippen LogP contribution is -2.34. The molecule has 106 valence electrons. The number of aromatic nitrogens is 1. The predicted octanol–water partition coefficient (Wildman–Crippen LogP) is 3.39. The van der Waals surface area contributed by atoms with E-state index in [0.29, 0.717) is 6.54 Å². The molecule has 3 rings (SSSR count). The molecule has 0 bridgehead atoms. The number of fused-ring (bicyclic) bond motifs is 1. The molecule has 7 heteroatoms. The summed E-state index contributed by atoms with van der Waals surface area (Å²) >= 11 is 4.75. The molecule has 0 aliphatic carbocycles. The number of hydrogen-bond donors (Lipinski definition) is 0. The highest BCUT2D eigenvalue weighted by Gasteiger charge is 2.42. The molecule has 0 fully saturated rings. The number of para-hydroxylation sites is 1. The molecule has 2 aromatic rings. The molecule has 0 amide bonds. The maximum atomic E-state index is 12.7. The van der Waals surface area contributed by atoms with E-state index in [9.17, 15) is 8.42 Å². The Kier molecular flexibility index (Phi) is 3.19. The SMILES string of the molecule is CC1(C)CN(S(=O)(=O)c2cscn2)c2c(Br)cccc21. The van der Waals surface area contributed by atoms with Crippen LogP contribution in [0.4, 0.5) is 5.69 Å². The number of sulfonamides is 1. The summed E-state index contributed by atoms with van der Waals surface area (Å²) in [5.74, 6) is 0. The van der Waals surface area contributed by atoms with Crippen molar-refractivity contribution >= 4 is 43.0 Å². The fraction of sp³-hybridized carbons (Fsp3) is 0.308. The van der Waals surface area contributed by atoms with Crippen LogP contribution in [0.2, 0.25) is 0 Å². The van der Waals surface area contributed by atoms with Gasteiger partial charge < -0.3 is 0 Å². The largest absolute Gasteiger partial charge is 0.282 e. The Morgan fingerprint density at radius 3 is 2.80 bits per heavy atom. The van der Waals surface area contributed by atoms with Crippen molar-refractivity contribution in [2.45, 2.75) is 24.3 Å². The molecule has 20 heavy (non-hydrogen) atoms. The number of anilines is 1. The number of nitrogens with zero attached hydrogens (tertiary/aromatic N) is 2. The van der Waals surface area contributed by atoms with Crippen molar-refractivity contribution in [1.82, 2.24) is 4.98 Å². The minimum atomic E-state index is -3.60. The van der Waals surface area contributed by atoms with Crippen LogP contribution in [0.3, 0.4) is 0 Å². The molecule has 0 N–H and O–H groups in total. The van der Waals surface area contributed by atoms with Gasteiger partial charge in [-0.1, -0.05) is 26.0 Å². The van der Waals surface area contributed by atoms with Gasteiger partial charge in [0, 0.05) is 21.8 Å². The molecule has 1 aromatic carbocycles. The zero-order valence-corrected chi connectivity index (χ0v) is 14.2. The Morgan fingerprint density at radius 1 is 1.40 bits per heavy atom. The van der Waals surface area contributed by atoms with Crippen LogP contribution in [-0.2, 0) is 15.4 Å². The first-order valence-corrected chi connectivity index (χ1v) is 9.21. The average molecular weight is 373 g/mol. The van der Waals surface area contributed by atoms with Crippen molar-refractivity contribution in [3.63, 3.8) is 0 Å². The Bertz CT molecular complexity index is 755. The van der Waals surface area contributed by atoms with Gasteiger partial charge in [0.25, 0.3) is 10.0 Å². The number of thiazole rings is 1. The van der Waals surface area contributed by atoms with Gasteiger partial charge in [-0.2, -0.15) is 8.42 Å². The third-order valence-corrected chi connectivity index (χ3v) is 6.49. The van der Waals surface area contributed by atoms with Crippen molar-refractivity contribution in [2.24, 2.45) is 0 Å². The van der Waals surface area contributed by atoms with E-state index in [0.717, 1.165) is 15.7 Å². The first-order chi connectivity index (χ1) is 9.34. The normalized spacial score (nSPS) is 17.2. The van der Waals surface area contributed by atoms with Gasteiger partial charge >= 0.3 is 0 Å². The van der Waals surface area contributed by atoms with Crippen molar-refractivity contribution in [1.29, 1.82) is 0 Å². The molecular weight excluding hydrogens is 360 g/mol. The number of rotatable bonds is 2. The third kappa shape index (κ3) is 1.99. The van der Waals surface area contributed by atoms with Crippen molar-refractivity contribution in [2.75, 3.05) is 10.8 Å². The fourth-order valence-electron chi connectivity index (χ4n) is 2.49. The minimum Gasteiger partial charge on any atom is -0.263 e. The van der Waals surface area contributed by atoms with Crippen LogP contribution < -0.4 is 4.31 Å². The Hall–Kier alpha value is -0.920. The molecule has 4 nitrogen and oxygen atoms in total. The summed E-state index contributed by atoms with van der Waals surface area (Å²) in [5, 5.41) is 1.68. The van der Waals surface area contributed by atoms with Crippen molar-refractivity contribution < 1.29 is 8.42 Å². The zero-order valence-electron chi connectivity index (χ0n) is 11.0. The lowest BCUT2D eigenvalue weighted by atomic mass is 9.87. The topological polar surface area (TPSA) is 50.3 Å². The Balaban J connectivity index is 2.21. The first-order valence-electron chi connectivity index (χ1n) is 6.04. The van der Waals surface area contributed by atoms with Crippen LogP contribution in [-0.4, -0.2) is 19.9 Å². The van der Waals surface area contributed by atoms with Gasteiger partial charge in [-0.25, -0.2) is 4.98 Å². The summed E-state index contributed by atoms with van der Waals surface area (Å²) in [6.45, 7) is 4.52. The van der Waals surface area contributed by atoms with Crippen LogP contribution >= 0.6 is 27.3 Å². The van der Waals surface area contributed by atoms with Crippen molar-refractivity contribution in [3.05, 3.63) is 39.1 Å². The summed E-state index contributed by atoms with van der Waals surface area (Å²) in [6, 6.07) is 5.78. The monoisotopic (exact) mass is 372 g/mol. The first kappa shape index (κ1) is 14.0. The van der Waals surface area contributed by atoms with Gasteiger partial charge in [-0.05, 0) is 27.6 Å². The quantitative estimate of drug-likeness (QED) is 0.811. The predicted molar refractivity (Wildman–Crippen MR) is 83.8 cm³/mol. The molecule has 1 aliphatic heterocycles. The second-order valence-electron chi connectivity index (χ2n) is 5.36. The summed E-state index contributed by atoms with van der Waals surface area (Å²) in [4.78, 5) is 3.96.